The summed E-state index contributed by atoms with van der Waals surface area (Å²) in [6, 6.07) is 0. The molecule has 11 heavy (non-hydrogen) atoms. The zero-order valence-corrected chi connectivity index (χ0v) is 7.09. The molecule has 0 aromatic carbocycles. The Kier molecular flexibility index (Phi) is 2.00. The van der Waals surface area contributed by atoms with Crippen molar-refractivity contribution in [3.05, 3.63) is 17.5 Å². The summed E-state index contributed by atoms with van der Waals surface area (Å²) >= 11 is 0. The number of aliphatic hydroxyl groups is 1. The van der Waals surface area contributed by atoms with Crippen LogP contribution in [0.15, 0.2) is 10.8 Å². The molecule has 0 saturated carbocycles. The van der Waals surface area contributed by atoms with Crippen molar-refractivity contribution in [2.75, 3.05) is 0 Å². The molecule has 0 aliphatic rings. The van der Waals surface area contributed by atoms with Crippen LogP contribution in [0.25, 0.3) is 0 Å². The lowest BCUT2D eigenvalue weighted by Gasteiger charge is -2.15. The molecule has 0 saturated heterocycles. The largest absolute Gasteiger partial charge is 0.391 e. The summed E-state index contributed by atoms with van der Waals surface area (Å²) in [7, 11) is 0. The van der Waals surface area contributed by atoms with E-state index in [-0.39, 0.29) is 12.0 Å². The molecule has 0 unspecified atom stereocenters. The lowest BCUT2D eigenvalue weighted by molar-refractivity contribution is 0.278. The van der Waals surface area contributed by atoms with Crippen LogP contribution in [0.1, 0.15) is 32.0 Å². The van der Waals surface area contributed by atoms with Crippen LogP contribution in [0, 0.1) is 0 Å². The summed E-state index contributed by atoms with van der Waals surface area (Å²) in [4.78, 5) is 0. The van der Waals surface area contributed by atoms with Crippen molar-refractivity contribution in [3.63, 3.8) is 0 Å². The van der Waals surface area contributed by atoms with Gasteiger partial charge in [0.2, 0.25) is 0 Å². The molecule has 0 aliphatic carbocycles. The zero-order chi connectivity index (χ0) is 8.48. The van der Waals surface area contributed by atoms with Crippen LogP contribution in [-0.2, 0) is 12.0 Å². The van der Waals surface area contributed by atoms with Crippen molar-refractivity contribution in [2.45, 2.75) is 32.8 Å². The van der Waals surface area contributed by atoms with Crippen LogP contribution < -0.4 is 0 Å². The summed E-state index contributed by atoms with van der Waals surface area (Å²) < 4.78 is 4.75. The molecule has 1 heterocycles. The first kappa shape index (κ1) is 8.27. The zero-order valence-electron chi connectivity index (χ0n) is 7.09. The summed E-state index contributed by atoms with van der Waals surface area (Å²) in [5, 5.41) is 12.7. The average Bonchev–Trinajstić information content (AvgIpc) is 2.31. The van der Waals surface area contributed by atoms with E-state index in [0.29, 0.717) is 0 Å². The molecule has 0 radical (unpaired) electrons. The van der Waals surface area contributed by atoms with Crippen molar-refractivity contribution in [1.82, 2.24) is 5.16 Å². The van der Waals surface area contributed by atoms with Crippen LogP contribution in [0.2, 0.25) is 0 Å². The lowest BCUT2D eigenvalue weighted by Crippen LogP contribution is -2.13. The van der Waals surface area contributed by atoms with Crippen LogP contribution in [0.4, 0.5) is 0 Å². The van der Waals surface area contributed by atoms with E-state index in [1.54, 1.807) is 0 Å². The number of rotatable bonds is 1. The Hall–Kier alpha value is -0.830. The van der Waals surface area contributed by atoms with Gasteiger partial charge >= 0.3 is 0 Å². The van der Waals surface area contributed by atoms with Gasteiger partial charge in [0.15, 0.2) is 0 Å². The molecule has 1 rings (SSSR count). The fraction of sp³-hybridized carbons (Fsp3) is 0.625. The maximum Gasteiger partial charge on any atom is 0.129 e. The molecule has 0 spiro atoms. The molecule has 1 aromatic heterocycles. The van der Waals surface area contributed by atoms with E-state index < -0.39 is 0 Å². The van der Waals surface area contributed by atoms with Crippen LogP contribution in [0.5, 0.6) is 0 Å². The maximum atomic E-state index is 8.87. The van der Waals surface area contributed by atoms with Gasteiger partial charge in [0.25, 0.3) is 0 Å². The highest BCUT2D eigenvalue weighted by molar-refractivity contribution is 5.20. The molecular weight excluding hydrogens is 142 g/mol. The second kappa shape index (κ2) is 2.66. The van der Waals surface area contributed by atoms with Crippen LogP contribution >= 0.6 is 0 Å². The van der Waals surface area contributed by atoms with E-state index >= 15 is 0 Å². The standard InChI is InChI=1S/C8H13NO2/c1-8(2,3)7-6(4-10)5-11-9-7/h5,10H,4H2,1-3H3. The van der Waals surface area contributed by atoms with E-state index in [0.717, 1.165) is 11.3 Å². The molecule has 62 valence electrons. The van der Waals surface area contributed by atoms with Gasteiger partial charge in [-0.1, -0.05) is 25.9 Å². The highest BCUT2D eigenvalue weighted by Gasteiger charge is 2.21. The maximum absolute atomic E-state index is 8.87. The Bertz CT molecular complexity index is 234. The van der Waals surface area contributed by atoms with Gasteiger partial charge in [-0.15, -0.1) is 0 Å². The SMILES string of the molecule is CC(C)(C)c1nocc1CO. The molecular formula is C8H13NO2. The van der Waals surface area contributed by atoms with Gasteiger partial charge in [-0.3, -0.25) is 0 Å². The lowest BCUT2D eigenvalue weighted by atomic mass is 9.90. The number of hydrogen-bond donors (Lipinski definition) is 1. The highest BCUT2D eigenvalue weighted by Crippen LogP contribution is 2.23. The third-order valence-electron chi connectivity index (χ3n) is 1.52. The molecule has 0 aliphatic heterocycles. The minimum absolute atomic E-state index is 0.00387. The molecule has 1 N–H and O–H groups in total. The van der Waals surface area contributed by atoms with E-state index in [9.17, 15) is 0 Å². The molecule has 1 aromatic rings. The minimum atomic E-state index is -0.0505. The number of hydrogen-bond acceptors (Lipinski definition) is 3. The number of aromatic nitrogens is 1. The Balaban J connectivity index is 3.02. The van der Waals surface area contributed by atoms with Gasteiger partial charge in [-0.05, 0) is 0 Å². The van der Waals surface area contributed by atoms with Crippen LogP contribution in [-0.4, -0.2) is 10.3 Å². The summed E-state index contributed by atoms with van der Waals surface area (Å²) in [6.07, 6.45) is 1.49. The van der Waals surface area contributed by atoms with Gasteiger partial charge in [0.05, 0.1) is 12.3 Å². The topological polar surface area (TPSA) is 46.3 Å². The van der Waals surface area contributed by atoms with Gasteiger partial charge in [-0.25, -0.2) is 0 Å². The monoisotopic (exact) mass is 155 g/mol. The van der Waals surface area contributed by atoms with Gasteiger partial charge < -0.3 is 9.63 Å². The van der Waals surface area contributed by atoms with Gasteiger partial charge in [-0.2, -0.15) is 0 Å². The predicted octanol–water partition coefficient (Wildman–Crippen LogP) is 1.46. The molecule has 0 atom stereocenters. The van der Waals surface area contributed by atoms with Crippen molar-refractivity contribution in [1.29, 1.82) is 0 Å². The number of nitrogens with zero attached hydrogens (tertiary/aromatic N) is 1. The normalized spacial score (nSPS) is 12.0. The predicted molar refractivity (Wildman–Crippen MR) is 41.1 cm³/mol. The average molecular weight is 155 g/mol. The van der Waals surface area contributed by atoms with E-state index in [1.807, 2.05) is 20.8 Å². The Morgan fingerprint density at radius 1 is 1.55 bits per heavy atom. The number of aliphatic hydroxyl groups excluding tert-OH is 1. The Labute approximate surface area is 66.0 Å². The first-order chi connectivity index (χ1) is 5.05. The summed E-state index contributed by atoms with van der Waals surface area (Å²) in [5.41, 5.74) is 1.56. The van der Waals surface area contributed by atoms with Crippen molar-refractivity contribution in [2.24, 2.45) is 0 Å². The Morgan fingerprint density at radius 3 is 2.55 bits per heavy atom. The van der Waals surface area contributed by atoms with Crippen molar-refractivity contribution in [3.8, 4) is 0 Å². The van der Waals surface area contributed by atoms with Crippen molar-refractivity contribution >= 4 is 0 Å². The van der Waals surface area contributed by atoms with Crippen molar-refractivity contribution < 1.29 is 9.63 Å². The molecule has 0 fully saturated rings. The fourth-order valence-electron chi connectivity index (χ4n) is 0.988. The Morgan fingerprint density at radius 2 is 2.18 bits per heavy atom. The van der Waals surface area contributed by atoms with Crippen LogP contribution in [0.3, 0.4) is 0 Å². The smallest absolute Gasteiger partial charge is 0.129 e. The highest BCUT2D eigenvalue weighted by atomic mass is 16.5. The van der Waals surface area contributed by atoms with E-state index in [1.165, 1.54) is 6.26 Å². The summed E-state index contributed by atoms with van der Waals surface area (Å²) in [5.74, 6) is 0. The van der Waals surface area contributed by atoms with E-state index in [4.69, 9.17) is 9.63 Å². The van der Waals surface area contributed by atoms with Gasteiger partial charge in [0, 0.05) is 11.0 Å². The second-order valence-corrected chi connectivity index (χ2v) is 3.60. The minimum Gasteiger partial charge on any atom is -0.391 e. The van der Waals surface area contributed by atoms with E-state index in [2.05, 4.69) is 5.16 Å². The van der Waals surface area contributed by atoms with Gasteiger partial charge in [0.1, 0.15) is 6.26 Å². The molecule has 0 bridgehead atoms. The third kappa shape index (κ3) is 1.60. The third-order valence-corrected chi connectivity index (χ3v) is 1.52. The summed E-state index contributed by atoms with van der Waals surface area (Å²) in [6.45, 7) is 6.09. The molecule has 3 nitrogen and oxygen atoms in total. The second-order valence-electron chi connectivity index (χ2n) is 3.60. The molecule has 0 amide bonds. The quantitative estimate of drug-likeness (QED) is 0.667. The first-order valence-electron chi connectivity index (χ1n) is 3.60. The first-order valence-corrected chi connectivity index (χ1v) is 3.60. The fourth-order valence-corrected chi connectivity index (χ4v) is 0.988. The molecule has 3 heteroatoms.